The molecule has 1 N–H and O–H groups in total. The lowest BCUT2D eigenvalue weighted by Crippen LogP contribution is -2.40. The lowest BCUT2D eigenvalue weighted by Gasteiger charge is -2.26. The Labute approximate surface area is 127 Å². The van der Waals surface area contributed by atoms with Gasteiger partial charge in [0, 0.05) is 30.9 Å². The molecule has 0 radical (unpaired) electrons. The number of hydrogen-bond acceptors (Lipinski definition) is 3. The highest BCUT2D eigenvalue weighted by Gasteiger charge is 2.28. The van der Waals surface area contributed by atoms with Crippen molar-refractivity contribution in [1.82, 2.24) is 5.32 Å². The highest BCUT2D eigenvalue weighted by Crippen LogP contribution is 2.36. The summed E-state index contributed by atoms with van der Waals surface area (Å²) in [4.78, 5) is 10.8. The van der Waals surface area contributed by atoms with Crippen LogP contribution in [0.15, 0.2) is 18.2 Å². The first-order chi connectivity index (χ1) is 10.3. The van der Waals surface area contributed by atoms with Gasteiger partial charge in [-0.25, -0.2) is 0 Å². The summed E-state index contributed by atoms with van der Waals surface area (Å²) in [6, 6.07) is 7.40. The van der Waals surface area contributed by atoms with Crippen LogP contribution < -0.4 is 5.32 Å². The summed E-state index contributed by atoms with van der Waals surface area (Å²) in [5.41, 5.74) is 3.47. The molecule has 0 amide bonds. The van der Waals surface area contributed by atoms with E-state index in [2.05, 4.69) is 18.3 Å². The molecule has 1 aliphatic heterocycles. The van der Waals surface area contributed by atoms with E-state index in [1.165, 1.54) is 30.4 Å². The first kappa shape index (κ1) is 14.7. The molecule has 1 heterocycles. The standard InChI is InChI=1S/C18H25NO2/c1-13-10-14(12-20)2-5-18(13)15-3-4-17(11-15)19-16-6-8-21-9-7-16/h2,5,10,12,15-17,19H,3-4,6-9,11H2,1H3. The molecule has 114 valence electrons. The van der Waals surface area contributed by atoms with Gasteiger partial charge in [-0.15, -0.1) is 0 Å². The largest absolute Gasteiger partial charge is 0.381 e. The molecule has 1 saturated carbocycles. The second-order valence-electron chi connectivity index (χ2n) is 6.49. The Morgan fingerprint density at radius 3 is 2.67 bits per heavy atom. The van der Waals surface area contributed by atoms with E-state index in [-0.39, 0.29) is 0 Å². The predicted octanol–water partition coefficient (Wildman–Crippen LogP) is 3.21. The lowest BCUT2D eigenvalue weighted by molar-refractivity contribution is 0.0750. The van der Waals surface area contributed by atoms with Crippen LogP contribution in [0, 0.1) is 6.92 Å². The zero-order valence-corrected chi connectivity index (χ0v) is 12.8. The van der Waals surface area contributed by atoms with Crippen LogP contribution in [-0.2, 0) is 4.74 Å². The van der Waals surface area contributed by atoms with Crippen LogP contribution in [0.1, 0.15) is 59.5 Å². The van der Waals surface area contributed by atoms with Crippen molar-refractivity contribution in [2.45, 2.75) is 57.0 Å². The molecule has 1 aliphatic carbocycles. The van der Waals surface area contributed by atoms with Crippen molar-refractivity contribution in [2.24, 2.45) is 0 Å². The molecule has 21 heavy (non-hydrogen) atoms. The Morgan fingerprint density at radius 1 is 1.14 bits per heavy atom. The molecular formula is C18H25NO2. The maximum Gasteiger partial charge on any atom is 0.150 e. The number of ether oxygens (including phenoxy) is 1. The Hall–Kier alpha value is -1.19. The van der Waals surface area contributed by atoms with Crippen molar-refractivity contribution in [1.29, 1.82) is 0 Å². The number of hydrogen-bond donors (Lipinski definition) is 1. The third kappa shape index (κ3) is 3.53. The SMILES string of the molecule is Cc1cc(C=O)ccc1C1CCC(NC2CCOCC2)C1. The van der Waals surface area contributed by atoms with Crippen LogP contribution in [0.4, 0.5) is 0 Å². The molecule has 3 heteroatoms. The molecule has 3 rings (SSSR count). The van der Waals surface area contributed by atoms with Gasteiger partial charge < -0.3 is 10.1 Å². The van der Waals surface area contributed by atoms with Crippen molar-refractivity contribution < 1.29 is 9.53 Å². The van der Waals surface area contributed by atoms with Crippen molar-refractivity contribution in [2.75, 3.05) is 13.2 Å². The van der Waals surface area contributed by atoms with Gasteiger partial charge in [-0.1, -0.05) is 12.1 Å². The van der Waals surface area contributed by atoms with Gasteiger partial charge in [-0.3, -0.25) is 4.79 Å². The third-order valence-corrected chi connectivity index (χ3v) is 5.00. The van der Waals surface area contributed by atoms with Crippen molar-refractivity contribution in [3.8, 4) is 0 Å². The van der Waals surface area contributed by atoms with Crippen molar-refractivity contribution in [3.05, 3.63) is 34.9 Å². The van der Waals surface area contributed by atoms with Gasteiger partial charge in [0.2, 0.25) is 0 Å². The van der Waals surface area contributed by atoms with Crippen molar-refractivity contribution in [3.63, 3.8) is 0 Å². The molecule has 1 aromatic rings. The summed E-state index contributed by atoms with van der Waals surface area (Å²) in [5, 5.41) is 3.82. The summed E-state index contributed by atoms with van der Waals surface area (Å²) in [5.74, 6) is 0.642. The van der Waals surface area contributed by atoms with Gasteiger partial charge in [-0.2, -0.15) is 0 Å². The highest BCUT2D eigenvalue weighted by atomic mass is 16.5. The number of aldehydes is 1. The second-order valence-corrected chi connectivity index (χ2v) is 6.49. The minimum atomic E-state index is 0.640. The van der Waals surface area contributed by atoms with Gasteiger partial charge in [0.05, 0.1) is 0 Å². The summed E-state index contributed by atoms with van der Waals surface area (Å²) in [6.45, 7) is 3.93. The van der Waals surface area contributed by atoms with E-state index in [0.717, 1.165) is 37.9 Å². The van der Waals surface area contributed by atoms with Gasteiger partial charge in [0.1, 0.15) is 6.29 Å². The van der Waals surface area contributed by atoms with Crippen molar-refractivity contribution >= 4 is 6.29 Å². The minimum absolute atomic E-state index is 0.640. The number of carbonyl (C=O) groups excluding carboxylic acids is 1. The fourth-order valence-corrected chi connectivity index (χ4v) is 3.84. The average Bonchev–Trinajstić information content (AvgIpc) is 2.96. The molecule has 0 bridgehead atoms. The number of benzene rings is 1. The predicted molar refractivity (Wildman–Crippen MR) is 83.9 cm³/mol. The number of aryl methyl sites for hydroxylation is 1. The van der Waals surface area contributed by atoms with E-state index in [0.29, 0.717) is 18.0 Å². The lowest BCUT2D eigenvalue weighted by atomic mass is 9.92. The van der Waals surface area contributed by atoms with Gasteiger partial charge in [0.15, 0.2) is 0 Å². The van der Waals surface area contributed by atoms with E-state index < -0.39 is 0 Å². The second kappa shape index (κ2) is 6.71. The first-order valence-corrected chi connectivity index (χ1v) is 8.16. The molecule has 0 spiro atoms. The van der Waals surface area contributed by atoms with Crippen LogP contribution >= 0.6 is 0 Å². The van der Waals surface area contributed by atoms with E-state index in [4.69, 9.17) is 4.74 Å². The number of nitrogens with one attached hydrogen (secondary N) is 1. The minimum Gasteiger partial charge on any atom is -0.381 e. The molecule has 0 aromatic heterocycles. The van der Waals surface area contributed by atoms with Gasteiger partial charge in [-0.05, 0) is 62.1 Å². The average molecular weight is 287 g/mol. The third-order valence-electron chi connectivity index (χ3n) is 5.00. The maximum atomic E-state index is 10.8. The number of carbonyl (C=O) groups is 1. The Morgan fingerprint density at radius 2 is 1.95 bits per heavy atom. The van der Waals surface area contributed by atoms with E-state index >= 15 is 0 Å². The van der Waals surface area contributed by atoms with E-state index in [9.17, 15) is 4.79 Å². The molecular weight excluding hydrogens is 262 g/mol. The monoisotopic (exact) mass is 287 g/mol. The zero-order chi connectivity index (χ0) is 14.7. The summed E-state index contributed by atoms with van der Waals surface area (Å²) >= 11 is 0. The molecule has 2 atom stereocenters. The van der Waals surface area contributed by atoms with Crippen LogP contribution in [0.3, 0.4) is 0 Å². The van der Waals surface area contributed by atoms with Gasteiger partial charge in [0.25, 0.3) is 0 Å². The fraction of sp³-hybridized carbons (Fsp3) is 0.611. The molecule has 2 fully saturated rings. The maximum absolute atomic E-state index is 10.8. The van der Waals surface area contributed by atoms with Crippen LogP contribution in [-0.4, -0.2) is 31.6 Å². The Bertz CT molecular complexity index is 494. The first-order valence-electron chi connectivity index (χ1n) is 8.16. The summed E-state index contributed by atoms with van der Waals surface area (Å²) in [7, 11) is 0. The van der Waals surface area contributed by atoms with Crippen LogP contribution in [0.5, 0.6) is 0 Å². The fourth-order valence-electron chi connectivity index (χ4n) is 3.84. The highest BCUT2D eigenvalue weighted by molar-refractivity contribution is 5.75. The Kier molecular flexibility index (Phi) is 4.71. The normalized spacial score (nSPS) is 26.9. The summed E-state index contributed by atoms with van der Waals surface area (Å²) < 4.78 is 5.42. The van der Waals surface area contributed by atoms with Gasteiger partial charge >= 0.3 is 0 Å². The van der Waals surface area contributed by atoms with E-state index in [1.807, 2.05) is 12.1 Å². The molecule has 1 saturated heterocycles. The smallest absolute Gasteiger partial charge is 0.150 e. The quantitative estimate of drug-likeness (QED) is 0.864. The van der Waals surface area contributed by atoms with E-state index in [1.54, 1.807) is 0 Å². The number of rotatable bonds is 4. The topological polar surface area (TPSA) is 38.3 Å². The summed E-state index contributed by atoms with van der Waals surface area (Å²) in [6.07, 6.45) is 6.96. The molecule has 2 unspecified atom stereocenters. The molecule has 1 aromatic carbocycles. The molecule has 3 nitrogen and oxygen atoms in total. The molecule has 2 aliphatic rings. The van der Waals surface area contributed by atoms with Crippen LogP contribution in [0.25, 0.3) is 0 Å². The zero-order valence-electron chi connectivity index (χ0n) is 12.8. The Balaban J connectivity index is 1.59. The van der Waals surface area contributed by atoms with Crippen LogP contribution in [0.2, 0.25) is 0 Å².